The van der Waals surface area contributed by atoms with Crippen LogP contribution >= 0.6 is 11.6 Å². The van der Waals surface area contributed by atoms with Gasteiger partial charge >= 0.3 is 0 Å². The number of halogens is 1. The molecule has 2 aromatic rings. The highest BCUT2D eigenvalue weighted by Gasteiger charge is 2.24. The molecule has 0 saturated carbocycles. The highest BCUT2D eigenvalue weighted by molar-refractivity contribution is 6.35. The monoisotopic (exact) mass is 276 g/mol. The Balaban J connectivity index is 2.16. The Morgan fingerprint density at radius 3 is 3.05 bits per heavy atom. The summed E-state index contributed by atoms with van der Waals surface area (Å²) in [4.78, 5) is 5.45. The Labute approximate surface area is 117 Å². The maximum Gasteiger partial charge on any atom is 0.0628 e. The van der Waals surface area contributed by atoms with E-state index in [4.69, 9.17) is 11.6 Å². The molecule has 1 aliphatic heterocycles. The summed E-state index contributed by atoms with van der Waals surface area (Å²) in [5, 5.41) is 11.4. The maximum atomic E-state index is 9.65. The number of fused-ring (bicyclic) bond motifs is 1. The second kappa shape index (κ2) is 5.00. The molecule has 0 fully saturated rings. The van der Waals surface area contributed by atoms with Crippen molar-refractivity contribution in [3.63, 3.8) is 0 Å². The van der Waals surface area contributed by atoms with Gasteiger partial charge in [0.05, 0.1) is 18.2 Å². The lowest BCUT2D eigenvalue weighted by Gasteiger charge is -2.32. The van der Waals surface area contributed by atoms with Crippen molar-refractivity contribution in [2.45, 2.75) is 12.5 Å². The van der Waals surface area contributed by atoms with Gasteiger partial charge in [0.1, 0.15) is 0 Å². The molecule has 4 heteroatoms. The Bertz CT molecular complexity index is 632. The van der Waals surface area contributed by atoms with E-state index in [-0.39, 0.29) is 12.6 Å². The van der Waals surface area contributed by atoms with Crippen molar-refractivity contribution in [1.82, 2.24) is 9.88 Å². The van der Waals surface area contributed by atoms with Gasteiger partial charge in [-0.2, -0.15) is 0 Å². The molecule has 100 valence electrons. The highest BCUT2D eigenvalue weighted by atomic mass is 35.5. The first-order valence-electron chi connectivity index (χ1n) is 6.49. The van der Waals surface area contributed by atoms with Crippen molar-refractivity contribution in [1.29, 1.82) is 0 Å². The second-order valence-electron chi connectivity index (χ2n) is 4.99. The molecule has 0 saturated heterocycles. The molecular formula is C15H17ClN2O. The van der Waals surface area contributed by atoms with Crippen LogP contribution < -0.4 is 0 Å². The summed E-state index contributed by atoms with van der Waals surface area (Å²) in [6.07, 6.45) is 5.14. The normalized spacial score (nSPS) is 20.8. The Morgan fingerprint density at radius 2 is 2.26 bits per heavy atom. The molecule has 1 aliphatic rings. The molecule has 0 aliphatic carbocycles. The molecule has 1 unspecified atom stereocenters. The van der Waals surface area contributed by atoms with Gasteiger partial charge in [0, 0.05) is 28.7 Å². The van der Waals surface area contributed by atoms with E-state index in [0.717, 1.165) is 34.5 Å². The van der Waals surface area contributed by atoms with E-state index in [2.05, 4.69) is 23.0 Å². The number of nitrogens with zero attached hydrogens (tertiary/aromatic N) is 1. The van der Waals surface area contributed by atoms with Crippen molar-refractivity contribution in [2.75, 3.05) is 20.2 Å². The first-order chi connectivity index (χ1) is 9.22. The average molecular weight is 277 g/mol. The van der Waals surface area contributed by atoms with Gasteiger partial charge in [-0.25, -0.2) is 0 Å². The fourth-order valence-corrected chi connectivity index (χ4v) is 3.06. The van der Waals surface area contributed by atoms with Crippen LogP contribution in [0.1, 0.15) is 12.0 Å². The summed E-state index contributed by atoms with van der Waals surface area (Å²) >= 11 is 6.21. The molecule has 1 aromatic heterocycles. The van der Waals surface area contributed by atoms with Crippen molar-refractivity contribution < 1.29 is 5.11 Å². The molecule has 3 rings (SSSR count). The van der Waals surface area contributed by atoms with Gasteiger partial charge in [-0.3, -0.25) is 4.90 Å². The van der Waals surface area contributed by atoms with Gasteiger partial charge in [0.15, 0.2) is 0 Å². The second-order valence-corrected chi connectivity index (χ2v) is 5.40. The zero-order valence-electron chi connectivity index (χ0n) is 10.9. The number of aliphatic hydroxyl groups is 1. The van der Waals surface area contributed by atoms with E-state index in [0.29, 0.717) is 0 Å². The third kappa shape index (κ3) is 2.08. The largest absolute Gasteiger partial charge is 0.394 e. The average Bonchev–Trinajstić information content (AvgIpc) is 2.89. The summed E-state index contributed by atoms with van der Waals surface area (Å²) in [7, 11) is 2.05. The molecule has 19 heavy (non-hydrogen) atoms. The number of hydrogen-bond donors (Lipinski definition) is 2. The smallest absolute Gasteiger partial charge is 0.0628 e. The number of aromatic nitrogens is 1. The van der Waals surface area contributed by atoms with Crippen LogP contribution in [0.25, 0.3) is 16.5 Å². The number of likely N-dealkylation sites (N-methyl/N-ethyl adjacent to an activating group) is 1. The van der Waals surface area contributed by atoms with E-state index in [1.165, 1.54) is 5.57 Å². The van der Waals surface area contributed by atoms with Gasteiger partial charge in [-0.05, 0) is 31.2 Å². The van der Waals surface area contributed by atoms with E-state index in [1.807, 2.05) is 24.4 Å². The van der Waals surface area contributed by atoms with Gasteiger partial charge in [0.2, 0.25) is 0 Å². The van der Waals surface area contributed by atoms with E-state index in [9.17, 15) is 5.11 Å². The summed E-state index contributed by atoms with van der Waals surface area (Å²) in [5.41, 5.74) is 3.36. The van der Waals surface area contributed by atoms with Crippen LogP contribution in [-0.2, 0) is 0 Å². The molecule has 3 nitrogen and oxygen atoms in total. The molecule has 0 spiro atoms. The Hall–Kier alpha value is -1.29. The van der Waals surface area contributed by atoms with E-state index >= 15 is 0 Å². The van der Waals surface area contributed by atoms with Gasteiger partial charge in [0.25, 0.3) is 0 Å². The lowest BCUT2D eigenvalue weighted by molar-refractivity contribution is 0.179. The Morgan fingerprint density at radius 1 is 1.42 bits per heavy atom. The van der Waals surface area contributed by atoms with Crippen molar-refractivity contribution in [3.8, 4) is 0 Å². The van der Waals surface area contributed by atoms with Crippen LogP contribution in [0.4, 0.5) is 0 Å². The molecule has 2 N–H and O–H groups in total. The highest BCUT2D eigenvalue weighted by Crippen LogP contribution is 2.33. The predicted molar refractivity (Wildman–Crippen MR) is 79.4 cm³/mol. The lowest BCUT2D eigenvalue weighted by Crippen LogP contribution is -2.38. The lowest BCUT2D eigenvalue weighted by atomic mass is 9.92. The minimum absolute atomic E-state index is 0.0569. The summed E-state index contributed by atoms with van der Waals surface area (Å²) in [6, 6.07) is 6.01. The Kier molecular flexibility index (Phi) is 3.35. The molecule has 0 amide bonds. The van der Waals surface area contributed by atoms with Crippen LogP contribution in [0, 0.1) is 0 Å². The molecular weight excluding hydrogens is 260 g/mol. The number of aliphatic hydroxyl groups excluding tert-OH is 1. The number of benzene rings is 1. The number of rotatable bonds is 2. The number of aromatic amines is 1. The topological polar surface area (TPSA) is 39.3 Å². The van der Waals surface area contributed by atoms with Crippen LogP contribution in [0.2, 0.25) is 5.02 Å². The number of hydrogen-bond acceptors (Lipinski definition) is 2. The fraction of sp³-hybridized carbons (Fsp3) is 0.333. The zero-order valence-corrected chi connectivity index (χ0v) is 11.6. The van der Waals surface area contributed by atoms with Gasteiger partial charge in [-0.1, -0.05) is 23.7 Å². The third-order valence-electron chi connectivity index (χ3n) is 3.89. The first kappa shape index (κ1) is 12.7. The maximum absolute atomic E-state index is 9.65. The third-order valence-corrected chi connectivity index (χ3v) is 4.22. The minimum atomic E-state index is 0.0569. The summed E-state index contributed by atoms with van der Waals surface area (Å²) in [6.45, 7) is 1.11. The van der Waals surface area contributed by atoms with Gasteiger partial charge in [-0.15, -0.1) is 0 Å². The fourth-order valence-electron chi connectivity index (χ4n) is 2.84. The van der Waals surface area contributed by atoms with Crippen LogP contribution in [0.3, 0.4) is 0 Å². The molecule has 2 heterocycles. The van der Waals surface area contributed by atoms with Crippen molar-refractivity contribution in [3.05, 3.63) is 41.1 Å². The van der Waals surface area contributed by atoms with Gasteiger partial charge < -0.3 is 10.1 Å². The standard InChI is InChI=1S/C15H17ClN2O/c1-18-8-2-3-10(14(18)9-19)11-4-5-13(16)12-6-7-17-15(11)12/h3-7,14,17,19H,2,8-9H2,1H3. The summed E-state index contributed by atoms with van der Waals surface area (Å²) in [5.74, 6) is 0. The molecule has 0 radical (unpaired) electrons. The zero-order chi connectivity index (χ0) is 13.4. The molecule has 1 atom stereocenters. The van der Waals surface area contributed by atoms with Crippen molar-refractivity contribution >= 4 is 28.1 Å². The predicted octanol–water partition coefficient (Wildman–Crippen LogP) is 2.90. The molecule has 0 bridgehead atoms. The van der Waals surface area contributed by atoms with Crippen LogP contribution in [0.5, 0.6) is 0 Å². The van der Waals surface area contributed by atoms with Crippen molar-refractivity contribution in [2.24, 2.45) is 0 Å². The SMILES string of the molecule is CN1CCC=C(c2ccc(Cl)c3cc[nH]c23)C1CO. The van der Waals surface area contributed by atoms with Crippen LogP contribution in [-0.4, -0.2) is 41.2 Å². The molecule has 1 aromatic carbocycles. The number of nitrogens with one attached hydrogen (secondary N) is 1. The van der Waals surface area contributed by atoms with E-state index in [1.54, 1.807) is 0 Å². The van der Waals surface area contributed by atoms with Crippen LogP contribution in [0.15, 0.2) is 30.5 Å². The first-order valence-corrected chi connectivity index (χ1v) is 6.87. The number of H-pyrrole nitrogens is 1. The summed E-state index contributed by atoms with van der Waals surface area (Å²) < 4.78 is 0. The quantitative estimate of drug-likeness (QED) is 0.885. The minimum Gasteiger partial charge on any atom is -0.394 e. The van der Waals surface area contributed by atoms with E-state index < -0.39 is 0 Å².